The number of anilines is 2. The van der Waals surface area contributed by atoms with E-state index in [1.54, 1.807) is 0 Å². The number of benzene rings is 2. The molecule has 7 nitrogen and oxygen atoms in total. The summed E-state index contributed by atoms with van der Waals surface area (Å²) in [5, 5.41) is 15.0. The van der Waals surface area contributed by atoms with E-state index in [-0.39, 0.29) is 12.3 Å². The number of hydrogen-bond donors (Lipinski definition) is 3. The molecule has 0 unspecified atom stereocenters. The van der Waals surface area contributed by atoms with E-state index in [0.29, 0.717) is 23.8 Å². The summed E-state index contributed by atoms with van der Waals surface area (Å²) < 4.78 is 0. The maximum atomic E-state index is 12.6. The number of aryl methyl sites for hydroxylation is 1. The van der Waals surface area contributed by atoms with Crippen molar-refractivity contribution >= 4 is 23.4 Å². The number of aliphatic carboxylic acids is 1. The van der Waals surface area contributed by atoms with E-state index >= 15 is 0 Å². The molecule has 1 amide bonds. The Balaban J connectivity index is 1.40. The van der Waals surface area contributed by atoms with Crippen LogP contribution in [0.4, 0.5) is 11.5 Å². The first kappa shape index (κ1) is 26.9. The summed E-state index contributed by atoms with van der Waals surface area (Å²) in [5.41, 5.74) is 3.27. The van der Waals surface area contributed by atoms with Crippen molar-refractivity contribution in [3.8, 4) is 11.3 Å². The van der Waals surface area contributed by atoms with Crippen LogP contribution in [0.25, 0.3) is 11.3 Å². The Bertz CT molecular complexity index is 1120. The van der Waals surface area contributed by atoms with Crippen molar-refractivity contribution in [2.75, 3.05) is 11.9 Å². The predicted molar refractivity (Wildman–Crippen MR) is 143 cm³/mol. The van der Waals surface area contributed by atoms with Crippen molar-refractivity contribution in [2.45, 2.75) is 64.7 Å². The average Bonchev–Trinajstić information content (AvgIpc) is 2.87. The van der Waals surface area contributed by atoms with Crippen LogP contribution in [-0.4, -0.2) is 33.5 Å². The third kappa shape index (κ3) is 9.49. The lowest BCUT2D eigenvalue weighted by Crippen LogP contribution is -2.24. The fourth-order valence-electron chi connectivity index (χ4n) is 4.04. The van der Waals surface area contributed by atoms with Gasteiger partial charge in [-0.2, -0.15) is 0 Å². The van der Waals surface area contributed by atoms with Crippen molar-refractivity contribution in [3.63, 3.8) is 0 Å². The van der Waals surface area contributed by atoms with Crippen LogP contribution in [0.1, 0.15) is 74.0 Å². The highest BCUT2D eigenvalue weighted by molar-refractivity contribution is 5.95. The van der Waals surface area contributed by atoms with E-state index in [1.165, 1.54) is 0 Å². The van der Waals surface area contributed by atoms with Crippen molar-refractivity contribution in [1.29, 1.82) is 0 Å². The quantitative estimate of drug-likeness (QED) is 0.210. The molecule has 0 spiro atoms. The van der Waals surface area contributed by atoms with Gasteiger partial charge in [-0.3, -0.25) is 9.59 Å². The molecule has 1 heterocycles. The van der Waals surface area contributed by atoms with Crippen LogP contribution in [0.3, 0.4) is 0 Å². The van der Waals surface area contributed by atoms with Gasteiger partial charge in [0.2, 0.25) is 0 Å². The van der Waals surface area contributed by atoms with Crippen LogP contribution >= 0.6 is 0 Å². The average molecular weight is 489 g/mol. The number of amides is 1. The van der Waals surface area contributed by atoms with Crippen LogP contribution in [-0.2, 0) is 4.79 Å². The van der Waals surface area contributed by atoms with E-state index in [1.807, 2.05) is 67.6 Å². The second kappa shape index (κ2) is 14.6. The maximum Gasteiger partial charge on any atom is 0.303 e. The molecule has 0 fully saturated rings. The molecule has 0 aliphatic heterocycles. The van der Waals surface area contributed by atoms with E-state index in [0.717, 1.165) is 68.3 Å². The number of nitrogens with one attached hydrogen (secondary N) is 2. The van der Waals surface area contributed by atoms with Crippen LogP contribution < -0.4 is 10.6 Å². The first-order valence-electron chi connectivity index (χ1n) is 12.8. The number of carbonyl (C=O) groups excluding carboxylic acids is 1. The number of hydrogen-bond acceptors (Lipinski definition) is 5. The lowest BCUT2D eigenvalue weighted by molar-refractivity contribution is -0.137. The SMILES string of the molecule is Cc1nc(Nc2cccc(C(=O)NCCCCCCCCCCC(=O)O)c2)cc(-c2ccccc2)n1. The number of carboxylic acid groups (broad SMARTS) is 1. The van der Waals surface area contributed by atoms with Crippen molar-refractivity contribution in [3.05, 3.63) is 72.1 Å². The molecule has 3 aromatic rings. The van der Waals surface area contributed by atoms with Gasteiger partial charge in [0.15, 0.2) is 0 Å². The highest BCUT2D eigenvalue weighted by Crippen LogP contribution is 2.22. The van der Waals surface area contributed by atoms with Gasteiger partial charge in [-0.25, -0.2) is 9.97 Å². The molecule has 190 valence electrons. The number of carboxylic acids is 1. The number of nitrogens with zero attached hydrogens (tertiary/aromatic N) is 2. The molecule has 0 aliphatic carbocycles. The molecule has 3 N–H and O–H groups in total. The van der Waals surface area contributed by atoms with Crippen LogP contribution in [0.5, 0.6) is 0 Å². The molecule has 0 bridgehead atoms. The summed E-state index contributed by atoms with van der Waals surface area (Å²) in [5.74, 6) is 0.561. The van der Waals surface area contributed by atoms with Gasteiger partial charge in [0.25, 0.3) is 5.91 Å². The first-order valence-corrected chi connectivity index (χ1v) is 12.8. The molecule has 0 aliphatic rings. The molecule has 1 aromatic heterocycles. The maximum absolute atomic E-state index is 12.6. The van der Waals surface area contributed by atoms with Gasteiger partial charge in [-0.1, -0.05) is 74.9 Å². The Kier molecular flexibility index (Phi) is 10.9. The largest absolute Gasteiger partial charge is 0.481 e. The van der Waals surface area contributed by atoms with Gasteiger partial charge < -0.3 is 15.7 Å². The lowest BCUT2D eigenvalue weighted by Gasteiger charge is -2.11. The molecule has 0 saturated carbocycles. The summed E-state index contributed by atoms with van der Waals surface area (Å²) in [7, 11) is 0. The summed E-state index contributed by atoms with van der Waals surface area (Å²) in [6.45, 7) is 2.52. The molecule has 0 atom stereocenters. The normalized spacial score (nSPS) is 10.7. The van der Waals surface area contributed by atoms with E-state index in [2.05, 4.69) is 20.6 Å². The standard InChI is InChI=1S/C29H36N4O3/c1-22-31-26(23-14-9-8-10-15-23)21-27(32-22)33-25-17-13-16-24(20-25)29(36)30-19-12-7-5-3-2-4-6-11-18-28(34)35/h8-10,13-17,20-21H,2-7,11-12,18-19H2,1H3,(H,30,36)(H,34,35)(H,31,32,33). The monoisotopic (exact) mass is 488 g/mol. The van der Waals surface area contributed by atoms with Gasteiger partial charge >= 0.3 is 5.97 Å². The fourth-order valence-corrected chi connectivity index (χ4v) is 4.04. The first-order chi connectivity index (χ1) is 17.5. The zero-order chi connectivity index (χ0) is 25.6. The minimum absolute atomic E-state index is 0.0825. The number of unbranched alkanes of at least 4 members (excludes halogenated alkanes) is 7. The fraction of sp³-hybridized carbons (Fsp3) is 0.379. The Morgan fingerprint density at radius 3 is 2.22 bits per heavy atom. The minimum Gasteiger partial charge on any atom is -0.481 e. The Morgan fingerprint density at radius 2 is 1.50 bits per heavy atom. The lowest BCUT2D eigenvalue weighted by atomic mass is 10.1. The van der Waals surface area contributed by atoms with Gasteiger partial charge in [0.05, 0.1) is 5.69 Å². The highest BCUT2D eigenvalue weighted by atomic mass is 16.4. The smallest absolute Gasteiger partial charge is 0.303 e. The molecule has 0 radical (unpaired) electrons. The Labute approximate surface area is 213 Å². The third-order valence-corrected chi connectivity index (χ3v) is 5.91. The summed E-state index contributed by atoms with van der Waals surface area (Å²) in [6, 6.07) is 19.3. The molecule has 3 rings (SSSR count). The van der Waals surface area contributed by atoms with Crippen LogP contribution in [0.2, 0.25) is 0 Å². The van der Waals surface area contributed by atoms with Gasteiger partial charge in [0.1, 0.15) is 11.6 Å². The van der Waals surface area contributed by atoms with E-state index in [4.69, 9.17) is 5.11 Å². The van der Waals surface area contributed by atoms with Crippen molar-refractivity contribution in [1.82, 2.24) is 15.3 Å². The molecule has 7 heteroatoms. The second-order valence-corrected chi connectivity index (χ2v) is 8.99. The Hall–Kier alpha value is -3.74. The van der Waals surface area contributed by atoms with Gasteiger partial charge in [-0.15, -0.1) is 0 Å². The summed E-state index contributed by atoms with van der Waals surface area (Å²) in [6.07, 6.45) is 8.59. The van der Waals surface area contributed by atoms with Crippen LogP contribution in [0, 0.1) is 6.92 Å². The van der Waals surface area contributed by atoms with Crippen molar-refractivity contribution < 1.29 is 14.7 Å². The molecule has 0 saturated heterocycles. The predicted octanol–water partition coefficient (Wildman–Crippen LogP) is 6.52. The highest BCUT2D eigenvalue weighted by Gasteiger charge is 2.08. The third-order valence-electron chi connectivity index (χ3n) is 5.91. The molecule has 36 heavy (non-hydrogen) atoms. The number of aromatic nitrogens is 2. The topological polar surface area (TPSA) is 104 Å². The zero-order valence-corrected chi connectivity index (χ0v) is 21.0. The molecular weight excluding hydrogens is 452 g/mol. The molecular formula is C29H36N4O3. The minimum atomic E-state index is -0.710. The Morgan fingerprint density at radius 1 is 0.806 bits per heavy atom. The van der Waals surface area contributed by atoms with E-state index < -0.39 is 5.97 Å². The van der Waals surface area contributed by atoms with Crippen LogP contribution in [0.15, 0.2) is 60.7 Å². The summed E-state index contributed by atoms with van der Waals surface area (Å²) in [4.78, 5) is 32.1. The van der Waals surface area contributed by atoms with Gasteiger partial charge in [0, 0.05) is 35.8 Å². The second-order valence-electron chi connectivity index (χ2n) is 8.99. The molecule has 2 aromatic carbocycles. The van der Waals surface area contributed by atoms with E-state index in [9.17, 15) is 9.59 Å². The number of rotatable bonds is 15. The summed E-state index contributed by atoms with van der Waals surface area (Å²) >= 11 is 0. The number of carbonyl (C=O) groups is 2. The van der Waals surface area contributed by atoms with Gasteiger partial charge in [-0.05, 0) is 38.0 Å². The van der Waals surface area contributed by atoms with Crippen molar-refractivity contribution in [2.24, 2.45) is 0 Å². The zero-order valence-electron chi connectivity index (χ0n) is 21.0.